The molecule has 0 bridgehead atoms. The second-order valence-corrected chi connectivity index (χ2v) is 7.56. The molecule has 0 radical (unpaired) electrons. The summed E-state index contributed by atoms with van der Waals surface area (Å²) in [5.41, 5.74) is 0.523. The molecule has 148 valence electrons. The van der Waals surface area contributed by atoms with E-state index in [-0.39, 0.29) is 32.4 Å². The van der Waals surface area contributed by atoms with Gasteiger partial charge in [-0.2, -0.15) is 0 Å². The van der Waals surface area contributed by atoms with E-state index in [1.165, 1.54) is 37.4 Å². The Hall–Kier alpha value is -3.72. The summed E-state index contributed by atoms with van der Waals surface area (Å²) < 4.78 is 27.7. The third-order valence-corrected chi connectivity index (χ3v) is 5.37. The lowest BCUT2D eigenvalue weighted by atomic mass is 10.1. The van der Waals surface area contributed by atoms with Gasteiger partial charge in [-0.1, -0.05) is 42.5 Å². The molecule has 0 heterocycles. The molecular formula is C20H18N3O5S+. The van der Waals surface area contributed by atoms with Crippen molar-refractivity contribution in [3.63, 3.8) is 0 Å². The maximum atomic E-state index is 12.7. The predicted molar refractivity (Wildman–Crippen MR) is 108 cm³/mol. The van der Waals surface area contributed by atoms with Crippen LogP contribution in [-0.4, -0.2) is 26.4 Å². The van der Waals surface area contributed by atoms with Crippen LogP contribution in [0.5, 0.6) is 0 Å². The van der Waals surface area contributed by atoms with Crippen LogP contribution in [0.2, 0.25) is 0 Å². The number of benzene rings is 3. The van der Waals surface area contributed by atoms with Gasteiger partial charge in [-0.3, -0.25) is 9.52 Å². The summed E-state index contributed by atoms with van der Waals surface area (Å²) >= 11 is 0. The van der Waals surface area contributed by atoms with Crippen LogP contribution in [0.4, 0.5) is 17.1 Å². The smallest absolute Gasteiger partial charge is 0.320 e. The van der Waals surface area contributed by atoms with Crippen molar-refractivity contribution in [2.24, 2.45) is 0 Å². The van der Waals surface area contributed by atoms with Gasteiger partial charge in [-0.15, -0.1) is 0 Å². The minimum Gasteiger partial charge on any atom is -0.320 e. The van der Waals surface area contributed by atoms with Crippen LogP contribution in [0.3, 0.4) is 0 Å². The van der Waals surface area contributed by atoms with Crippen molar-refractivity contribution in [3.8, 4) is 0 Å². The van der Waals surface area contributed by atoms with Gasteiger partial charge in [0.25, 0.3) is 20.9 Å². The number of hydrogen-bond donors (Lipinski definition) is 2. The molecule has 0 aromatic heterocycles. The third kappa shape index (κ3) is 4.58. The van der Waals surface area contributed by atoms with E-state index in [1.807, 2.05) is 0 Å². The Morgan fingerprint density at radius 3 is 2.14 bits per heavy atom. The van der Waals surface area contributed by atoms with Gasteiger partial charge in [-0.25, -0.2) is 13.3 Å². The van der Waals surface area contributed by atoms with Crippen molar-refractivity contribution in [1.82, 2.24) is 0 Å². The molecule has 3 aromatic rings. The monoisotopic (exact) mass is 412 g/mol. The molecule has 0 unspecified atom stereocenters. The van der Waals surface area contributed by atoms with Gasteiger partial charge in [-0.05, 0) is 30.3 Å². The Labute approximate surface area is 167 Å². The molecule has 3 rings (SSSR count). The number of rotatable bonds is 7. The highest BCUT2D eigenvalue weighted by atomic mass is 32.2. The van der Waals surface area contributed by atoms with E-state index < -0.39 is 15.9 Å². The minimum atomic E-state index is -3.84. The first-order valence-corrected chi connectivity index (χ1v) is 9.99. The number of amides is 1. The molecule has 0 aliphatic rings. The molecule has 0 saturated heterocycles. The van der Waals surface area contributed by atoms with Crippen molar-refractivity contribution in [3.05, 3.63) is 89.3 Å². The summed E-state index contributed by atoms with van der Waals surface area (Å²) in [6, 6.07) is 20.3. The number of nitrogens with zero attached hydrogens (tertiary/aromatic N) is 1. The molecule has 1 amide bonds. The van der Waals surface area contributed by atoms with Crippen molar-refractivity contribution < 1.29 is 23.0 Å². The highest BCUT2D eigenvalue weighted by Gasteiger charge is 2.25. The molecule has 8 nitrogen and oxygen atoms in total. The predicted octanol–water partition coefficient (Wildman–Crippen LogP) is 3.71. The maximum absolute atomic E-state index is 12.7. The van der Waals surface area contributed by atoms with Gasteiger partial charge < -0.3 is 5.32 Å². The third-order valence-electron chi connectivity index (χ3n) is 3.98. The van der Waals surface area contributed by atoms with E-state index in [9.17, 15) is 18.1 Å². The summed E-state index contributed by atoms with van der Waals surface area (Å²) in [7, 11) is -2.65. The Morgan fingerprint density at radius 1 is 0.862 bits per heavy atom. The largest absolute Gasteiger partial charge is 0.329 e. The van der Waals surface area contributed by atoms with E-state index in [0.717, 1.165) is 0 Å². The quantitative estimate of drug-likeness (QED) is 0.576. The molecule has 0 saturated carbocycles. The van der Waals surface area contributed by atoms with Crippen molar-refractivity contribution in [1.29, 1.82) is 0 Å². The lowest BCUT2D eigenvalue weighted by Gasteiger charge is -2.13. The molecule has 9 heteroatoms. The number of carbonyl (C=O) groups is 1. The van der Waals surface area contributed by atoms with Crippen LogP contribution in [0.1, 0.15) is 10.4 Å². The highest BCUT2D eigenvalue weighted by Crippen LogP contribution is 2.26. The van der Waals surface area contributed by atoms with E-state index in [4.69, 9.17) is 0 Å². The van der Waals surface area contributed by atoms with Gasteiger partial charge in [0.1, 0.15) is 5.56 Å². The van der Waals surface area contributed by atoms with E-state index in [2.05, 4.69) is 14.9 Å². The summed E-state index contributed by atoms with van der Waals surface area (Å²) in [4.78, 5) is 29.5. The first-order valence-electron chi connectivity index (χ1n) is 8.51. The van der Waals surface area contributed by atoms with E-state index in [0.29, 0.717) is 0 Å². The molecule has 29 heavy (non-hydrogen) atoms. The number of nitrogens with one attached hydrogen (secondary N) is 2. The van der Waals surface area contributed by atoms with Gasteiger partial charge in [0, 0.05) is 6.07 Å². The molecule has 0 spiro atoms. The maximum Gasteiger partial charge on any atom is 0.329 e. The zero-order valence-corrected chi connectivity index (χ0v) is 16.2. The Bertz CT molecular complexity index is 1150. The van der Waals surface area contributed by atoms with Gasteiger partial charge in [0.15, 0.2) is 7.11 Å². The highest BCUT2D eigenvalue weighted by molar-refractivity contribution is 7.92. The van der Waals surface area contributed by atoms with Crippen molar-refractivity contribution in [2.45, 2.75) is 4.90 Å². The fourth-order valence-corrected chi connectivity index (χ4v) is 3.70. The Balaban J connectivity index is 1.89. The lowest BCUT2D eigenvalue weighted by molar-refractivity contribution is -0.736. The normalized spacial score (nSPS) is 10.8. The van der Waals surface area contributed by atoms with E-state index >= 15 is 0 Å². The van der Waals surface area contributed by atoms with Crippen LogP contribution >= 0.6 is 0 Å². The SMILES string of the molecule is CO[N+](=O)c1ccccc1C(=O)Nc1ccccc1NS(=O)(=O)c1ccccc1. The van der Waals surface area contributed by atoms with Crippen LogP contribution in [0, 0.1) is 4.91 Å². The number of anilines is 2. The Morgan fingerprint density at radius 2 is 1.45 bits per heavy atom. The van der Waals surface area contributed by atoms with Gasteiger partial charge in [0.05, 0.1) is 21.2 Å². The minimum absolute atomic E-state index is 0.0230. The molecule has 0 fully saturated rings. The lowest BCUT2D eigenvalue weighted by Crippen LogP contribution is -2.18. The number of hydrogen-bond acceptors (Lipinski definition) is 5. The molecule has 3 aromatic carbocycles. The molecule has 0 atom stereocenters. The second-order valence-electron chi connectivity index (χ2n) is 5.88. The molecular weight excluding hydrogens is 394 g/mol. The topological polar surface area (TPSA) is 105 Å². The van der Waals surface area contributed by atoms with E-state index in [1.54, 1.807) is 48.5 Å². The fraction of sp³-hybridized carbons (Fsp3) is 0.0500. The number of sulfonamides is 1. The Kier molecular flexibility index (Phi) is 5.89. The fourth-order valence-electron chi connectivity index (χ4n) is 2.60. The summed E-state index contributed by atoms with van der Waals surface area (Å²) in [5, 5.41) is 2.63. The van der Waals surface area contributed by atoms with Crippen LogP contribution in [0.25, 0.3) is 0 Å². The summed E-state index contributed by atoms with van der Waals surface area (Å²) in [6.07, 6.45) is 0. The van der Waals surface area contributed by atoms with Crippen LogP contribution in [0.15, 0.2) is 83.8 Å². The summed E-state index contributed by atoms with van der Waals surface area (Å²) in [5.74, 6) is -0.593. The van der Waals surface area contributed by atoms with Crippen LogP contribution < -0.4 is 10.0 Å². The average Bonchev–Trinajstić information content (AvgIpc) is 2.75. The first-order chi connectivity index (χ1) is 13.9. The summed E-state index contributed by atoms with van der Waals surface area (Å²) in [6.45, 7) is 0. The zero-order valence-electron chi connectivity index (χ0n) is 15.4. The molecule has 0 aliphatic heterocycles. The molecule has 0 aliphatic carbocycles. The first kappa shape index (κ1) is 20.0. The standard InChI is InChI=1S/C20H17N3O5S/c1-28-23(25)19-14-8-5-11-16(19)20(24)21-17-12-6-7-13-18(17)22-29(26,27)15-9-3-2-4-10-15/h2-14H,1H3,(H-,21,22,24,25)/p+1. The van der Waals surface area contributed by atoms with Crippen molar-refractivity contribution >= 4 is 33.0 Å². The average molecular weight is 412 g/mol. The van der Waals surface area contributed by atoms with Crippen LogP contribution in [-0.2, 0) is 14.9 Å². The van der Waals surface area contributed by atoms with Gasteiger partial charge in [0.2, 0.25) is 0 Å². The van der Waals surface area contributed by atoms with Crippen molar-refractivity contribution in [2.75, 3.05) is 17.1 Å². The van der Waals surface area contributed by atoms with Gasteiger partial charge >= 0.3 is 5.69 Å². The zero-order chi connectivity index (χ0) is 20.9. The number of carbonyl (C=O) groups excluding carboxylic acids is 1. The molecule has 2 N–H and O–H groups in total. The second kappa shape index (κ2) is 8.53. The number of para-hydroxylation sites is 3.